The Bertz CT molecular complexity index is 460. The number of rotatable bonds is 5. The fourth-order valence-electron chi connectivity index (χ4n) is 0.810. The standard InChI is InChI=1S/C7H8ClN5O3S/c1-16-12-4(5(9)15)6-11-7(17-13-6)10-3(14)2-8/h2H2,1H3,(H2,9,15)(H,10,11,13,14)/b12-4+. The molecule has 0 aliphatic heterocycles. The zero-order chi connectivity index (χ0) is 12.8. The highest BCUT2D eigenvalue weighted by Crippen LogP contribution is 2.11. The molecule has 0 aromatic carbocycles. The highest BCUT2D eigenvalue weighted by Gasteiger charge is 2.18. The molecule has 1 aromatic rings. The SMILES string of the molecule is CO/N=C(\C(N)=O)c1nsc(NC(=O)CCl)n1. The lowest BCUT2D eigenvalue weighted by molar-refractivity contribution is -0.114. The molecule has 1 aromatic heterocycles. The maximum Gasteiger partial charge on any atom is 0.274 e. The summed E-state index contributed by atoms with van der Waals surface area (Å²) in [6.45, 7) is 0. The van der Waals surface area contributed by atoms with Gasteiger partial charge in [-0.1, -0.05) is 5.16 Å². The third-order valence-electron chi connectivity index (χ3n) is 1.42. The van der Waals surface area contributed by atoms with Gasteiger partial charge >= 0.3 is 0 Å². The molecule has 10 heteroatoms. The van der Waals surface area contributed by atoms with Crippen molar-refractivity contribution < 1.29 is 14.4 Å². The van der Waals surface area contributed by atoms with E-state index < -0.39 is 11.8 Å². The first-order valence-corrected chi connectivity index (χ1v) is 5.50. The minimum absolute atomic E-state index is 0.0192. The number of hydrogen-bond donors (Lipinski definition) is 2. The van der Waals surface area contributed by atoms with Gasteiger partial charge in [0.05, 0.1) is 0 Å². The van der Waals surface area contributed by atoms with E-state index in [1.807, 2.05) is 0 Å². The van der Waals surface area contributed by atoms with Gasteiger partial charge in [0.25, 0.3) is 5.91 Å². The van der Waals surface area contributed by atoms with Crippen LogP contribution in [0.2, 0.25) is 0 Å². The molecular weight excluding hydrogens is 270 g/mol. The van der Waals surface area contributed by atoms with Crippen molar-refractivity contribution in [1.82, 2.24) is 9.36 Å². The quantitative estimate of drug-likeness (QED) is 0.429. The van der Waals surface area contributed by atoms with Gasteiger partial charge in [0.15, 0.2) is 0 Å². The van der Waals surface area contributed by atoms with Crippen LogP contribution in [-0.4, -0.2) is 39.9 Å². The molecule has 2 amide bonds. The summed E-state index contributed by atoms with van der Waals surface area (Å²) in [7, 11) is 1.26. The number of halogens is 1. The normalized spacial score (nSPS) is 11.1. The van der Waals surface area contributed by atoms with Crippen molar-refractivity contribution in [2.45, 2.75) is 0 Å². The van der Waals surface area contributed by atoms with E-state index in [-0.39, 0.29) is 22.5 Å². The number of nitrogens with one attached hydrogen (secondary N) is 1. The molecule has 0 fully saturated rings. The second-order valence-corrected chi connectivity index (χ2v) is 3.61. The minimum atomic E-state index is -0.833. The molecule has 0 saturated heterocycles. The second kappa shape index (κ2) is 6.11. The number of alkyl halides is 1. The van der Waals surface area contributed by atoms with E-state index in [1.54, 1.807) is 0 Å². The molecule has 0 spiro atoms. The number of primary amides is 1. The van der Waals surface area contributed by atoms with Crippen molar-refractivity contribution >= 4 is 45.8 Å². The number of hydrogen-bond acceptors (Lipinski definition) is 7. The van der Waals surface area contributed by atoms with Crippen molar-refractivity contribution in [3.05, 3.63) is 5.82 Å². The van der Waals surface area contributed by atoms with Crippen LogP contribution in [-0.2, 0) is 14.4 Å². The van der Waals surface area contributed by atoms with Crippen molar-refractivity contribution in [3.8, 4) is 0 Å². The summed E-state index contributed by atoms with van der Waals surface area (Å²) in [5, 5.41) is 5.96. The molecule has 0 aliphatic carbocycles. The largest absolute Gasteiger partial charge is 0.398 e. The van der Waals surface area contributed by atoms with Crippen LogP contribution in [0.1, 0.15) is 5.82 Å². The number of nitrogens with zero attached hydrogens (tertiary/aromatic N) is 3. The molecule has 8 nitrogen and oxygen atoms in total. The topological polar surface area (TPSA) is 120 Å². The summed E-state index contributed by atoms with van der Waals surface area (Å²) in [6, 6.07) is 0. The Kier molecular flexibility index (Phi) is 4.79. The van der Waals surface area contributed by atoms with E-state index >= 15 is 0 Å². The monoisotopic (exact) mass is 277 g/mol. The van der Waals surface area contributed by atoms with Crippen LogP contribution < -0.4 is 11.1 Å². The highest BCUT2D eigenvalue weighted by atomic mass is 35.5. The molecule has 1 heterocycles. The number of carbonyl (C=O) groups is 2. The predicted octanol–water partition coefficient (Wildman–Crippen LogP) is -0.449. The molecule has 1 rings (SSSR count). The van der Waals surface area contributed by atoms with Crippen molar-refractivity contribution in [2.24, 2.45) is 10.9 Å². The zero-order valence-corrected chi connectivity index (χ0v) is 10.2. The number of anilines is 1. The lowest BCUT2D eigenvalue weighted by Crippen LogP contribution is -2.25. The van der Waals surface area contributed by atoms with Gasteiger partial charge in [-0.05, 0) is 0 Å². The summed E-state index contributed by atoms with van der Waals surface area (Å²) in [5.41, 5.74) is 4.83. The van der Waals surface area contributed by atoms with E-state index in [9.17, 15) is 9.59 Å². The van der Waals surface area contributed by atoms with Gasteiger partial charge in [-0.3, -0.25) is 14.9 Å². The molecule has 3 N–H and O–H groups in total. The minimum Gasteiger partial charge on any atom is -0.398 e. The second-order valence-electron chi connectivity index (χ2n) is 2.59. The van der Waals surface area contributed by atoms with Gasteiger partial charge in [-0.15, -0.1) is 11.6 Å². The van der Waals surface area contributed by atoms with Crippen LogP contribution in [0.3, 0.4) is 0 Å². The lowest BCUT2D eigenvalue weighted by Gasteiger charge is -1.96. The molecule has 0 unspecified atom stereocenters. The smallest absolute Gasteiger partial charge is 0.274 e. The average Bonchev–Trinajstić information content (AvgIpc) is 2.73. The van der Waals surface area contributed by atoms with Gasteiger partial charge in [0, 0.05) is 11.5 Å². The van der Waals surface area contributed by atoms with Gasteiger partial charge < -0.3 is 10.6 Å². The first kappa shape index (κ1) is 13.3. The molecule has 0 saturated carbocycles. The Hall–Kier alpha value is -1.74. The fourth-order valence-corrected chi connectivity index (χ4v) is 1.46. The molecular formula is C7H8ClN5O3S. The Morgan fingerprint density at radius 1 is 1.65 bits per heavy atom. The molecule has 17 heavy (non-hydrogen) atoms. The van der Waals surface area contributed by atoms with Crippen molar-refractivity contribution in [3.63, 3.8) is 0 Å². The predicted molar refractivity (Wildman–Crippen MR) is 62.0 cm³/mol. The number of oxime groups is 1. The molecule has 0 radical (unpaired) electrons. The van der Waals surface area contributed by atoms with Crippen LogP contribution in [0.15, 0.2) is 5.16 Å². The van der Waals surface area contributed by atoms with Crippen LogP contribution in [0, 0.1) is 0 Å². The zero-order valence-electron chi connectivity index (χ0n) is 8.64. The van der Waals surface area contributed by atoms with Gasteiger partial charge in [0.2, 0.25) is 22.6 Å². The third-order valence-corrected chi connectivity index (χ3v) is 2.29. The summed E-state index contributed by atoms with van der Waals surface area (Å²) in [4.78, 5) is 30.3. The number of aromatic nitrogens is 2. The number of carbonyl (C=O) groups excluding carboxylic acids is 2. The molecule has 92 valence electrons. The van der Waals surface area contributed by atoms with Crippen molar-refractivity contribution in [1.29, 1.82) is 0 Å². The summed E-state index contributed by atoms with van der Waals surface area (Å²) >= 11 is 6.17. The number of amides is 2. The van der Waals surface area contributed by atoms with Crippen LogP contribution in [0.4, 0.5) is 5.13 Å². The summed E-state index contributed by atoms with van der Waals surface area (Å²) < 4.78 is 3.80. The van der Waals surface area contributed by atoms with Crippen LogP contribution in [0.25, 0.3) is 0 Å². The third kappa shape index (κ3) is 3.64. The van der Waals surface area contributed by atoms with E-state index in [2.05, 4.69) is 24.7 Å². The van der Waals surface area contributed by atoms with E-state index in [1.165, 1.54) is 7.11 Å². The molecule has 0 aliphatic rings. The first-order valence-electron chi connectivity index (χ1n) is 4.19. The van der Waals surface area contributed by atoms with Gasteiger partial charge in [0.1, 0.15) is 13.0 Å². The van der Waals surface area contributed by atoms with Crippen LogP contribution in [0.5, 0.6) is 0 Å². The maximum atomic E-state index is 11.0. The van der Waals surface area contributed by atoms with Crippen molar-refractivity contribution in [2.75, 3.05) is 18.3 Å². The summed E-state index contributed by atoms with van der Waals surface area (Å²) in [5.74, 6) is -1.49. The lowest BCUT2D eigenvalue weighted by atomic mass is 10.3. The van der Waals surface area contributed by atoms with E-state index in [0.29, 0.717) is 0 Å². The Balaban J connectivity index is 2.89. The Morgan fingerprint density at radius 2 is 2.35 bits per heavy atom. The number of nitrogens with two attached hydrogens (primary N) is 1. The first-order chi connectivity index (χ1) is 8.08. The Labute approximate surface area is 105 Å². The average molecular weight is 278 g/mol. The van der Waals surface area contributed by atoms with E-state index in [4.69, 9.17) is 17.3 Å². The highest BCUT2D eigenvalue weighted by molar-refractivity contribution is 7.10. The maximum absolute atomic E-state index is 11.0. The van der Waals surface area contributed by atoms with Gasteiger partial charge in [-0.25, -0.2) is 0 Å². The van der Waals surface area contributed by atoms with Crippen LogP contribution >= 0.6 is 23.1 Å². The summed E-state index contributed by atoms with van der Waals surface area (Å²) in [6.07, 6.45) is 0. The molecule has 0 bridgehead atoms. The fraction of sp³-hybridized carbons (Fsp3) is 0.286. The Morgan fingerprint density at radius 3 is 2.88 bits per heavy atom. The van der Waals surface area contributed by atoms with E-state index in [0.717, 1.165) is 11.5 Å². The van der Waals surface area contributed by atoms with Gasteiger partial charge in [-0.2, -0.15) is 9.36 Å². The molecule has 0 atom stereocenters.